The van der Waals surface area contributed by atoms with E-state index >= 15 is 0 Å². The number of fused-ring (bicyclic) bond motifs is 1. The van der Waals surface area contributed by atoms with Gasteiger partial charge in [0.25, 0.3) is 11.5 Å². The summed E-state index contributed by atoms with van der Waals surface area (Å²) in [5, 5.41) is 6.06. The number of carbonyl (C=O) groups is 1. The molecule has 2 N–H and O–H groups in total. The highest BCUT2D eigenvalue weighted by molar-refractivity contribution is 6.07. The Bertz CT molecular complexity index is 1160. The van der Waals surface area contributed by atoms with Crippen molar-refractivity contribution in [1.82, 2.24) is 15.2 Å². The summed E-state index contributed by atoms with van der Waals surface area (Å²) in [5.41, 5.74) is 0.770. The Labute approximate surface area is 192 Å². The number of nitrogens with one attached hydrogen (secondary N) is 2. The molecule has 7 heteroatoms. The average Bonchev–Trinajstić information content (AvgIpc) is 3.56. The fourth-order valence-electron chi connectivity index (χ4n) is 3.46. The first-order valence-electron chi connectivity index (χ1n) is 11.4. The first-order valence-corrected chi connectivity index (χ1v) is 11.4. The van der Waals surface area contributed by atoms with Crippen LogP contribution >= 0.6 is 0 Å². The monoisotopic (exact) mass is 455 g/mol. The molecular weight excluding hydrogens is 424 g/mol. The van der Waals surface area contributed by atoms with Gasteiger partial charge in [-0.25, -0.2) is 8.78 Å². The lowest BCUT2D eigenvalue weighted by Gasteiger charge is -2.14. The van der Waals surface area contributed by atoms with Crippen LogP contribution in [0.5, 0.6) is 0 Å². The van der Waals surface area contributed by atoms with Crippen LogP contribution in [0.2, 0.25) is 0 Å². The van der Waals surface area contributed by atoms with Gasteiger partial charge in [-0.2, -0.15) is 0 Å². The molecule has 1 aromatic heterocycles. The molecule has 2 heterocycles. The number of rotatable bonds is 3. The Morgan fingerprint density at radius 3 is 2.27 bits per heavy atom. The maximum Gasteiger partial charge on any atom is 0.261 e. The second kappa shape index (κ2) is 11.7. The molecule has 1 saturated carbocycles. The molecule has 0 bridgehead atoms. The van der Waals surface area contributed by atoms with Gasteiger partial charge in [0, 0.05) is 24.7 Å². The molecule has 2 fully saturated rings. The summed E-state index contributed by atoms with van der Waals surface area (Å²) < 4.78 is 28.6. The number of benzene rings is 2. The standard InChI is InChI=1S/C19H16F2N2O2.C4H9N.C3H6/c1-11-16(18(24)22-10-12-5-3-6-13(20)9-12)14-7-4-8-15(21)17(14)19(25)23(11)2;1-2-4-5-3-1;1-2-3-1/h3-9H,10H2,1-2H3,(H,22,24);5H,1-4H2;1-3H2. The van der Waals surface area contributed by atoms with E-state index in [9.17, 15) is 18.4 Å². The first-order chi connectivity index (χ1) is 15.9. The predicted molar refractivity (Wildman–Crippen MR) is 127 cm³/mol. The number of halogens is 2. The molecule has 3 aromatic rings. The van der Waals surface area contributed by atoms with Crippen LogP contribution in [-0.2, 0) is 13.6 Å². The van der Waals surface area contributed by atoms with Gasteiger partial charge < -0.3 is 15.2 Å². The second-order valence-electron chi connectivity index (χ2n) is 8.32. The van der Waals surface area contributed by atoms with Crippen molar-refractivity contribution in [3.8, 4) is 0 Å². The minimum Gasteiger partial charge on any atom is -0.348 e. The average molecular weight is 456 g/mol. The van der Waals surface area contributed by atoms with Crippen molar-refractivity contribution >= 4 is 16.7 Å². The molecular formula is C26H31F2N3O2. The van der Waals surface area contributed by atoms with Crippen LogP contribution in [-0.4, -0.2) is 23.6 Å². The van der Waals surface area contributed by atoms with Gasteiger partial charge in [0.05, 0.1) is 10.9 Å². The van der Waals surface area contributed by atoms with E-state index in [1.165, 1.54) is 81.1 Å². The van der Waals surface area contributed by atoms with Gasteiger partial charge in [-0.3, -0.25) is 9.59 Å². The highest BCUT2D eigenvalue weighted by Gasteiger charge is 2.19. The topological polar surface area (TPSA) is 63.1 Å². The lowest BCUT2D eigenvalue weighted by atomic mass is 10.0. The van der Waals surface area contributed by atoms with E-state index in [1.54, 1.807) is 25.1 Å². The molecule has 0 radical (unpaired) electrons. The normalized spacial score (nSPS) is 14.1. The zero-order valence-corrected chi connectivity index (χ0v) is 19.2. The van der Waals surface area contributed by atoms with Crippen molar-refractivity contribution in [2.45, 2.75) is 45.6 Å². The number of aromatic nitrogens is 1. The Kier molecular flexibility index (Phi) is 8.72. The summed E-state index contributed by atoms with van der Waals surface area (Å²) in [6.45, 7) is 4.25. The number of hydrogen-bond acceptors (Lipinski definition) is 3. The van der Waals surface area contributed by atoms with Crippen molar-refractivity contribution in [3.05, 3.63) is 81.3 Å². The predicted octanol–water partition coefficient (Wildman–Crippen LogP) is 4.60. The van der Waals surface area contributed by atoms with E-state index in [2.05, 4.69) is 10.6 Å². The molecule has 0 spiro atoms. The van der Waals surface area contributed by atoms with Gasteiger partial charge >= 0.3 is 0 Å². The molecule has 5 nitrogen and oxygen atoms in total. The van der Waals surface area contributed by atoms with Gasteiger partial charge in [0.2, 0.25) is 0 Å². The SMILES string of the molecule is C1CC1.C1CCNC1.Cc1c(C(=O)NCc2cccc(F)c2)c2cccc(F)c2c(=O)n1C. The molecule has 176 valence electrons. The zero-order valence-electron chi connectivity index (χ0n) is 19.2. The maximum atomic E-state index is 14.1. The van der Waals surface area contributed by atoms with E-state index in [-0.39, 0.29) is 22.9 Å². The minimum atomic E-state index is -0.669. The van der Waals surface area contributed by atoms with E-state index in [0.717, 1.165) is 0 Å². The second-order valence-corrected chi connectivity index (χ2v) is 8.32. The van der Waals surface area contributed by atoms with Gasteiger partial charge in [0.1, 0.15) is 11.6 Å². The van der Waals surface area contributed by atoms with Crippen molar-refractivity contribution in [1.29, 1.82) is 0 Å². The van der Waals surface area contributed by atoms with Crippen molar-refractivity contribution < 1.29 is 13.6 Å². The summed E-state index contributed by atoms with van der Waals surface area (Å²) in [5.74, 6) is -1.51. The van der Waals surface area contributed by atoms with Crippen LogP contribution in [0, 0.1) is 18.6 Å². The van der Waals surface area contributed by atoms with E-state index < -0.39 is 23.1 Å². The Morgan fingerprint density at radius 1 is 1.03 bits per heavy atom. The summed E-state index contributed by atoms with van der Waals surface area (Å²) in [6.07, 6.45) is 7.28. The molecule has 1 aliphatic heterocycles. The Hall–Kier alpha value is -3.06. The number of pyridine rings is 1. The van der Waals surface area contributed by atoms with Crippen LogP contribution < -0.4 is 16.2 Å². The van der Waals surface area contributed by atoms with Crippen molar-refractivity contribution in [3.63, 3.8) is 0 Å². The summed E-state index contributed by atoms with van der Waals surface area (Å²) in [6, 6.07) is 10.1. The first kappa shape index (κ1) is 24.6. The molecule has 33 heavy (non-hydrogen) atoms. The maximum absolute atomic E-state index is 14.1. The van der Waals surface area contributed by atoms with Crippen molar-refractivity contribution in [2.24, 2.45) is 7.05 Å². The Balaban J connectivity index is 0.000000320. The lowest BCUT2D eigenvalue weighted by molar-refractivity contribution is 0.0951. The van der Waals surface area contributed by atoms with Gasteiger partial charge in [0.15, 0.2) is 0 Å². The van der Waals surface area contributed by atoms with Crippen LogP contribution in [0.4, 0.5) is 8.78 Å². The fourth-order valence-corrected chi connectivity index (χ4v) is 3.46. The van der Waals surface area contributed by atoms with Gasteiger partial charge in [-0.1, -0.05) is 43.5 Å². The van der Waals surface area contributed by atoms with E-state index in [1.807, 2.05) is 0 Å². The van der Waals surface area contributed by atoms with E-state index in [0.29, 0.717) is 11.3 Å². The number of hydrogen-bond donors (Lipinski definition) is 2. The van der Waals surface area contributed by atoms with Gasteiger partial charge in [-0.05, 0) is 56.6 Å². The van der Waals surface area contributed by atoms with Crippen LogP contribution in [0.15, 0.2) is 47.3 Å². The molecule has 1 amide bonds. The molecule has 1 saturated heterocycles. The third-order valence-electron chi connectivity index (χ3n) is 5.55. The molecule has 0 unspecified atom stereocenters. The summed E-state index contributed by atoms with van der Waals surface area (Å²) in [7, 11) is 1.49. The Morgan fingerprint density at radius 2 is 1.70 bits per heavy atom. The third kappa shape index (κ3) is 6.71. The van der Waals surface area contributed by atoms with Crippen LogP contribution in [0.3, 0.4) is 0 Å². The highest BCUT2D eigenvalue weighted by atomic mass is 19.1. The molecule has 5 rings (SSSR count). The van der Waals surface area contributed by atoms with Crippen LogP contribution in [0.25, 0.3) is 10.8 Å². The smallest absolute Gasteiger partial charge is 0.261 e. The minimum absolute atomic E-state index is 0.119. The summed E-state index contributed by atoms with van der Waals surface area (Å²) in [4.78, 5) is 25.0. The highest BCUT2D eigenvalue weighted by Crippen LogP contribution is 2.21. The lowest BCUT2D eigenvalue weighted by Crippen LogP contribution is -2.29. The number of nitrogens with zero attached hydrogens (tertiary/aromatic N) is 1. The zero-order chi connectivity index (χ0) is 23.8. The van der Waals surface area contributed by atoms with Gasteiger partial charge in [-0.15, -0.1) is 0 Å². The van der Waals surface area contributed by atoms with E-state index in [4.69, 9.17) is 0 Å². The molecule has 2 aromatic carbocycles. The number of carbonyl (C=O) groups excluding carboxylic acids is 1. The summed E-state index contributed by atoms with van der Waals surface area (Å²) >= 11 is 0. The number of amides is 1. The molecule has 1 aliphatic carbocycles. The fraction of sp³-hybridized carbons (Fsp3) is 0.385. The van der Waals surface area contributed by atoms with Crippen molar-refractivity contribution in [2.75, 3.05) is 13.1 Å². The van der Waals surface area contributed by atoms with Crippen LogP contribution in [0.1, 0.15) is 53.7 Å². The quantitative estimate of drug-likeness (QED) is 0.607. The molecule has 2 aliphatic rings. The molecule has 0 atom stereocenters. The third-order valence-corrected chi connectivity index (χ3v) is 5.55. The largest absolute Gasteiger partial charge is 0.348 e.